The average Bonchev–Trinajstić information content (AvgIpc) is 2.90. The minimum Gasteiger partial charge on any atom is -0.378 e. The first-order valence-corrected chi connectivity index (χ1v) is 7.25. The van der Waals surface area contributed by atoms with Crippen molar-refractivity contribution in [2.75, 3.05) is 11.9 Å². The van der Waals surface area contributed by atoms with Gasteiger partial charge in [0.25, 0.3) is 0 Å². The molecule has 1 fully saturated rings. The molecule has 1 amide bonds. The maximum atomic E-state index is 11.9. The standard InChI is InChI=1S/C15H20ClNO2/c1-11(16)13-6-2-3-7-14(13)17-15(18)9-8-12-5-4-10-19-12/h2-3,6-7,11-12H,4-5,8-10H2,1H3,(H,17,18). The lowest BCUT2D eigenvalue weighted by molar-refractivity contribution is -0.116. The summed E-state index contributed by atoms with van der Waals surface area (Å²) in [5, 5.41) is 2.82. The summed E-state index contributed by atoms with van der Waals surface area (Å²) in [4.78, 5) is 11.9. The molecule has 4 heteroatoms. The minimum atomic E-state index is -0.116. The first kappa shape index (κ1) is 14.4. The van der Waals surface area contributed by atoms with Crippen molar-refractivity contribution in [2.45, 2.75) is 44.1 Å². The lowest BCUT2D eigenvalue weighted by atomic mass is 10.1. The highest BCUT2D eigenvalue weighted by Crippen LogP contribution is 2.27. The predicted molar refractivity (Wildman–Crippen MR) is 77.5 cm³/mol. The molecule has 1 aliphatic heterocycles. The largest absolute Gasteiger partial charge is 0.378 e. The molecule has 0 spiro atoms. The SMILES string of the molecule is CC(Cl)c1ccccc1NC(=O)CCC1CCCO1. The van der Waals surface area contributed by atoms with E-state index in [1.165, 1.54) is 0 Å². The van der Waals surface area contributed by atoms with Crippen molar-refractivity contribution in [1.82, 2.24) is 0 Å². The van der Waals surface area contributed by atoms with Gasteiger partial charge in [0.1, 0.15) is 0 Å². The summed E-state index contributed by atoms with van der Waals surface area (Å²) in [5.74, 6) is 0.0280. The van der Waals surface area contributed by atoms with Crippen LogP contribution in [0.3, 0.4) is 0 Å². The van der Waals surface area contributed by atoms with Gasteiger partial charge in [0, 0.05) is 18.7 Å². The van der Waals surface area contributed by atoms with Crippen LogP contribution < -0.4 is 5.32 Å². The number of hydrogen-bond acceptors (Lipinski definition) is 2. The van der Waals surface area contributed by atoms with Crippen LogP contribution in [0.4, 0.5) is 5.69 Å². The van der Waals surface area contributed by atoms with E-state index in [1.54, 1.807) is 0 Å². The molecule has 1 heterocycles. The van der Waals surface area contributed by atoms with Crippen LogP contribution in [-0.2, 0) is 9.53 Å². The van der Waals surface area contributed by atoms with E-state index in [0.717, 1.165) is 37.1 Å². The van der Waals surface area contributed by atoms with Gasteiger partial charge in [-0.25, -0.2) is 0 Å². The average molecular weight is 282 g/mol. The van der Waals surface area contributed by atoms with Crippen LogP contribution in [-0.4, -0.2) is 18.6 Å². The second-order valence-corrected chi connectivity index (χ2v) is 5.58. The van der Waals surface area contributed by atoms with Crippen LogP contribution in [0.2, 0.25) is 0 Å². The van der Waals surface area contributed by atoms with Crippen molar-refractivity contribution in [1.29, 1.82) is 0 Å². The predicted octanol–water partition coefficient (Wildman–Crippen LogP) is 3.88. The van der Waals surface area contributed by atoms with Crippen molar-refractivity contribution < 1.29 is 9.53 Å². The monoisotopic (exact) mass is 281 g/mol. The Morgan fingerprint density at radius 3 is 3.00 bits per heavy atom. The zero-order valence-corrected chi connectivity index (χ0v) is 12.0. The van der Waals surface area contributed by atoms with E-state index in [-0.39, 0.29) is 17.4 Å². The number of ether oxygens (including phenoxy) is 1. The molecule has 0 aromatic heterocycles. The lowest BCUT2D eigenvalue weighted by Gasteiger charge is -2.13. The first-order valence-electron chi connectivity index (χ1n) is 6.81. The first-order chi connectivity index (χ1) is 9.16. The molecule has 1 aliphatic rings. The number of nitrogens with one attached hydrogen (secondary N) is 1. The number of hydrogen-bond donors (Lipinski definition) is 1. The Morgan fingerprint density at radius 2 is 2.32 bits per heavy atom. The third kappa shape index (κ3) is 4.22. The van der Waals surface area contributed by atoms with Gasteiger partial charge < -0.3 is 10.1 Å². The number of halogens is 1. The molecule has 2 unspecified atom stereocenters. The summed E-state index contributed by atoms with van der Waals surface area (Å²) >= 11 is 6.10. The number of carbonyl (C=O) groups is 1. The quantitative estimate of drug-likeness (QED) is 0.832. The highest BCUT2D eigenvalue weighted by atomic mass is 35.5. The van der Waals surface area contributed by atoms with Crippen LogP contribution in [0.25, 0.3) is 0 Å². The lowest BCUT2D eigenvalue weighted by Crippen LogP contribution is -2.16. The van der Waals surface area contributed by atoms with Gasteiger partial charge in [0.2, 0.25) is 5.91 Å². The van der Waals surface area contributed by atoms with Gasteiger partial charge in [-0.2, -0.15) is 0 Å². The fourth-order valence-corrected chi connectivity index (χ4v) is 2.52. The van der Waals surface area contributed by atoms with Gasteiger partial charge in [-0.3, -0.25) is 4.79 Å². The Hall–Kier alpha value is -1.06. The summed E-state index contributed by atoms with van der Waals surface area (Å²) < 4.78 is 5.51. The maximum Gasteiger partial charge on any atom is 0.224 e. The highest BCUT2D eigenvalue weighted by molar-refractivity contribution is 6.21. The molecule has 0 saturated carbocycles. The molecule has 1 N–H and O–H groups in total. The molecular weight excluding hydrogens is 262 g/mol. The smallest absolute Gasteiger partial charge is 0.224 e. The van der Waals surface area contributed by atoms with E-state index in [0.29, 0.717) is 6.42 Å². The zero-order valence-electron chi connectivity index (χ0n) is 11.2. The van der Waals surface area contributed by atoms with Gasteiger partial charge in [-0.15, -0.1) is 11.6 Å². The Bertz CT molecular complexity index is 428. The van der Waals surface area contributed by atoms with Gasteiger partial charge >= 0.3 is 0 Å². The van der Waals surface area contributed by atoms with Crippen LogP contribution in [0.5, 0.6) is 0 Å². The molecule has 1 saturated heterocycles. The molecule has 2 rings (SSSR count). The van der Waals surface area contributed by atoms with E-state index in [1.807, 2.05) is 31.2 Å². The zero-order chi connectivity index (χ0) is 13.7. The second-order valence-electron chi connectivity index (χ2n) is 4.93. The van der Waals surface area contributed by atoms with E-state index in [4.69, 9.17) is 16.3 Å². The summed E-state index contributed by atoms with van der Waals surface area (Å²) in [7, 11) is 0. The van der Waals surface area contributed by atoms with Gasteiger partial charge in [0.05, 0.1) is 11.5 Å². The molecule has 0 radical (unpaired) electrons. The Kier molecular flexibility index (Phi) is 5.23. The number of amides is 1. The molecule has 104 valence electrons. The maximum absolute atomic E-state index is 11.9. The topological polar surface area (TPSA) is 38.3 Å². The van der Waals surface area contributed by atoms with Crippen LogP contribution in [0.15, 0.2) is 24.3 Å². The van der Waals surface area contributed by atoms with Crippen LogP contribution >= 0.6 is 11.6 Å². The Labute approximate surface area is 119 Å². The number of anilines is 1. The van der Waals surface area contributed by atoms with E-state index < -0.39 is 0 Å². The highest BCUT2D eigenvalue weighted by Gasteiger charge is 2.17. The van der Waals surface area contributed by atoms with Gasteiger partial charge in [-0.1, -0.05) is 18.2 Å². The molecule has 1 aromatic carbocycles. The van der Waals surface area contributed by atoms with Crippen molar-refractivity contribution in [2.24, 2.45) is 0 Å². The van der Waals surface area contributed by atoms with Crippen molar-refractivity contribution in [3.63, 3.8) is 0 Å². The van der Waals surface area contributed by atoms with Crippen molar-refractivity contribution >= 4 is 23.2 Å². The Morgan fingerprint density at radius 1 is 1.53 bits per heavy atom. The van der Waals surface area contributed by atoms with Crippen molar-refractivity contribution in [3.05, 3.63) is 29.8 Å². The summed E-state index contributed by atoms with van der Waals surface area (Å²) in [6.45, 7) is 2.73. The van der Waals surface area contributed by atoms with Gasteiger partial charge in [0.15, 0.2) is 0 Å². The molecule has 0 aliphatic carbocycles. The third-order valence-electron chi connectivity index (χ3n) is 3.38. The molecule has 19 heavy (non-hydrogen) atoms. The normalized spacial score (nSPS) is 20.2. The molecule has 3 nitrogen and oxygen atoms in total. The van der Waals surface area contributed by atoms with Crippen molar-refractivity contribution in [3.8, 4) is 0 Å². The second kappa shape index (κ2) is 6.92. The summed E-state index contributed by atoms with van der Waals surface area (Å²) in [5.41, 5.74) is 1.76. The fraction of sp³-hybridized carbons (Fsp3) is 0.533. The van der Waals surface area contributed by atoms with E-state index in [2.05, 4.69) is 5.32 Å². The molecule has 2 atom stereocenters. The summed E-state index contributed by atoms with van der Waals surface area (Å²) in [6.07, 6.45) is 3.73. The van der Waals surface area contributed by atoms with E-state index >= 15 is 0 Å². The van der Waals surface area contributed by atoms with Gasteiger partial charge in [-0.05, 0) is 37.8 Å². The number of rotatable bonds is 5. The third-order valence-corrected chi connectivity index (χ3v) is 3.62. The number of carbonyl (C=O) groups excluding carboxylic acids is 1. The van der Waals surface area contributed by atoms with Crippen LogP contribution in [0.1, 0.15) is 43.5 Å². The Balaban J connectivity index is 1.87. The van der Waals surface area contributed by atoms with E-state index in [9.17, 15) is 4.79 Å². The number of benzene rings is 1. The fourth-order valence-electron chi connectivity index (χ4n) is 2.33. The molecular formula is C15H20ClNO2. The van der Waals surface area contributed by atoms with Crippen LogP contribution in [0, 0.1) is 0 Å². The minimum absolute atomic E-state index is 0.0280. The number of alkyl halides is 1. The summed E-state index contributed by atoms with van der Waals surface area (Å²) in [6, 6.07) is 7.65. The number of para-hydroxylation sites is 1. The molecule has 0 bridgehead atoms. The molecule has 1 aromatic rings.